The highest BCUT2D eigenvalue weighted by molar-refractivity contribution is 6.31. The summed E-state index contributed by atoms with van der Waals surface area (Å²) in [4.78, 5) is 25.0. The molecular weight excluding hydrogens is 430 g/mol. The largest absolute Gasteiger partial charge is 0.497 e. The molecule has 32 heavy (non-hydrogen) atoms. The first-order valence-electron chi connectivity index (χ1n) is 10.6. The molecule has 0 amide bonds. The van der Waals surface area contributed by atoms with Crippen LogP contribution < -0.4 is 10.3 Å². The Bertz CT molecular complexity index is 1150. The number of benzene rings is 1. The molecule has 4 rings (SSSR count). The third-order valence-corrected chi connectivity index (χ3v) is 6.19. The minimum Gasteiger partial charge on any atom is -0.497 e. The van der Waals surface area contributed by atoms with Crippen molar-refractivity contribution in [2.75, 3.05) is 13.7 Å². The minimum absolute atomic E-state index is 0.00263. The number of halogens is 1. The van der Waals surface area contributed by atoms with Crippen molar-refractivity contribution in [2.24, 2.45) is 13.0 Å². The zero-order valence-electron chi connectivity index (χ0n) is 18.3. The van der Waals surface area contributed by atoms with Crippen LogP contribution in [0.4, 0.5) is 0 Å². The van der Waals surface area contributed by atoms with E-state index in [-0.39, 0.29) is 36.6 Å². The van der Waals surface area contributed by atoms with E-state index < -0.39 is 6.10 Å². The van der Waals surface area contributed by atoms with E-state index in [0.29, 0.717) is 22.8 Å². The predicted octanol–water partition coefficient (Wildman–Crippen LogP) is 4.83. The normalized spacial score (nSPS) is 21.8. The van der Waals surface area contributed by atoms with Gasteiger partial charge in [-0.3, -0.25) is 9.59 Å². The second-order valence-corrected chi connectivity index (χ2v) is 8.38. The topological polar surface area (TPSA) is 66.8 Å². The van der Waals surface area contributed by atoms with Gasteiger partial charge in [-0.1, -0.05) is 29.8 Å². The monoisotopic (exact) mass is 455 g/mol. The maximum absolute atomic E-state index is 12.5. The number of rotatable bonds is 5. The van der Waals surface area contributed by atoms with E-state index in [2.05, 4.69) is 0 Å². The van der Waals surface area contributed by atoms with Crippen molar-refractivity contribution in [2.45, 2.75) is 32.0 Å². The second kappa shape index (κ2) is 9.35. The van der Waals surface area contributed by atoms with Gasteiger partial charge in [0.25, 0.3) is 5.56 Å². The molecule has 1 aliphatic carbocycles. The summed E-state index contributed by atoms with van der Waals surface area (Å²) in [6, 6.07) is 7.40. The summed E-state index contributed by atoms with van der Waals surface area (Å²) in [5, 5.41) is 0.690. The summed E-state index contributed by atoms with van der Waals surface area (Å²) >= 11 is 6.16. The molecule has 0 N–H and O–H groups in total. The number of hydrogen-bond donors (Lipinski definition) is 0. The Balaban J connectivity index is 1.89. The number of carbonyl (C=O) groups is 1. The number of pyridine rings is 1. The fraction of sp³-hybridized carbons (Fsp3) is 0.360. The van der Waals surface area contributed by atoms with Crippen LogP contribution in [0, 0.1) is 5.92 Å². The smallest absolute Gasteiger partial charge is 0.308 e. The van der Waals surface area contributed by atoms with Gasteiger partial charge in [0.05, 0.1) is 32.3 Å². The maximum atomic E-state index is 12.5. The first-order valence-corrected chi connectivity index (χ1v) is 11.0. The van der Waals surface area contributed by atoms with E-state index in [9.17, 15) is 9.59 Å². The number of esters is 1. The quantitative estimate of drug-likeness (QED) is 0.604. The van der Waals surface area contributed by atoms with Crippen molar-refractivity contribution in [3.63, 3.8) is 0 Å². The molecule has 1 aliphatic heterocycles. The fourth-order valence-electron chi connectivity index (χ4n) is 4.30. The molecular formula is C25H26ClNO5. The molecule has 0 saturated heterocycles. The van der Waals surface area contributed by atoms with Gasteiger partial charge in [-0.25, -0.2) is 0 Å². The molecule has 7 heteroatoms. The van der Waals surface area contributed by atoms with Crippen molar-refractivity contribution >= 4 is 17.6 Å². The highest BCUT2D eigenvalue weighted by Crippen LogP contribution is 2.47. The summed E-state index contributed by atoms with van der Waals surface area (Å²) in [5.74, 6) is 0.345. The molecule has 2 aliphatic rings. The molecule has 1 unspecified atom stereocenters. The average Bonchev–Trinajstić information content (AvgIpc) is 2.90. The average molecular weight is 456 g/mol. The van der Waals surface area contributed by atoms with Gasteiger partial charge in [0.1, 0.15) is 5.75 Å². The van der Waals surface area contributed by atoms with Crippen LogP contribution in [0.15, 0.2) is 58.5 Å². The van der Waals surface area contributed by atoms with Crippen LogP contribution in [0.3, 0.4) is 0 Å². The molecule has 0 saturated carbocycles. The van der Waals surface area contributed by atoms with E-state index in [1.807, 2.05) is 36.4 Å². The number of aromatic nitrogens is 1. The maximum Gasteiger partial charge on any atom is 0.308 e. The standard InChI is InChI=1S/C25H26ClNO5/c1-4-31-24(29)13-22-19-12-23(28)27(2)14-21(19)18-10-9-17(30-3)11-20(18)25(32-22)15-5-7-16(26)8-6-15/h5,7-12,14-15,22,25H,4,6,13H2,1-3H3/t15?,22-,25-/m0/s1. The molecule has 0 radical (unpaired) electrons. The molecule has 0 spiro atoms. The van der Waals surface area contributed by atoms with Crippen molar-refractivity contribution in [1.82, 2.24) is 4.57 Å². The SMILES string of the molecule is CCOC(=O)C[C@@H]1O[C@@H](C2C=CC(Cl)=CC2)c2cc(OC)ccc2-c2cn(C)c(=O)cc21. The highest BCUT2D eigenvalue weighted by atomic mass is 35.5. The Morgan fingerprint density at radius 3 is 2.75 bits per heavy atom. The van der Waals surface area contributed by atoms with E-state index >= 15 is 0 Å². The van der Waals surface area contributed by atoms with E-state index in [1.165, 1.54) is 4.57 Å². The van der Waals surface area contributed by atoms with Crippen LogP contribution in [0.5, 0.6) is 5.75 Å². The summed E-state index contributed by atoms with van der Waals surface area (Å²) in [6.45, 7) is 2.05. The Labute approximate surface area is 192 Å². The Morgan fingerprint density at radius 2 is 2.06 bits per heavy atom. The van der Waals surface area contributed by atoms with Gasteiger partial charge in [-0.05, 0) is 48.2 Å². The number of methoxy groups -OCH3 is 1. The van der Waals surface area contributed by atoms with Gasteiger partial charge in [-0.2, -0.15) is 0 Å². The molecule has 168 valence electrons. The van der Waals surface area contributed by atoms with Crippen LogP contribution in [0.25, 0.3) is 11.1 Å². The van der Waals surface area contributed by atoms with E-state index in [0.717, 1.165) is 16.7 Å². The van der Waals surface area contributed by atoms with Crippen LogP contribution in [0.2, 0.25) is 0 Å². The van der Waals surface area contributed by atoms with Crippen molar-refractivity contribution in [3.8, 4) is 16.9 Å². The van der Waals surface area contributed by atoms with E-state index in [4.69, 9.17) is 25.8 Å². The molecule has 1 aromatic carbocycles. The minimum atomic E-state index is -0.629. The number of aryl methyl sites for hydroxylation is 1. The van der Waals surface area contributed by atoms with Crippen molar-refractivity contribution in [1.29, 1.82) is 0 Å². The summed E-state index contributed by atoms with van der Waals surface area (Å²) < 4.78 is 18.9. The lowest BCUT2D eigenvalue weighted by Crippen LogP contribution is -2.22. The van der Waals surface area contributed by atoms with Gasteiger partial charge < -0.3 is 18.8 Å². The molecule has 6 nitrogen and oxygen atoms in total. The third-order valence-electron chi connectivity index (χ3n) is 5.91. The number of nitrogens with zero attached hydrogens (tertiary/aromatic N) is 1. The number of allylic oxidation sites excluding steroid dienone is 3. The number of ether oxygens (including phenoxy) is 3. The number of carbonyl (C=O) groups excluding carboxylic acids is 1. The molecule has 2 aromatic rings. The Kier molecular flexibility index (Phi) is 6.53. The summed E-state index contributed by atoms with van der Waals surface area (Å²) in [6.07, 6.45) is 7.38. The Morgan fingerprint density at radius 1 is 1.25 bits per heavy atom. The van der Waals surface area contributed by atoms with Crippen LogP contribution in [-0.4, -0.2) is 24.3 Å². The molecule has 0 bridgehead atoms. The van der Waals surface area contributed by atoms with Gasteiger partial charge >= 0.3 is 5.97 Å². The lowest BCUT2D eigenvalue weighted by molar-refractivity contribution is -0.148. The number of fused-ring (bicyclic) bond motifs is 3. The zero-order chi connectivity index (χ0) is 22.8. The lowest BCUT2D eigenvalue weighted by Gasteiger charge is -2.29. The van der Waals surface area contributed by atoms with Gasteiger partial charge in [0.15, 0.2) is 0 Å². The second-order valence-electron chi connectivity index (χ2n) is 7.95. The van der Waals surface area contributed by atoms with Gasteiger partial charge in [0.2, 0.25) is 0 Å². The van der Waals surface area contributed by atoms with Crippen LogP contribution in [-0.2, 0) is 21.3 Å². The zero-order valence-corrected chi connectivity index (χ0v) is 19.1. The van der Waals surface area contributed by atoms with Crippen LogP contribution in [0.1, 0.15) is 43.1 Å². The van der Waals surface area contributed by atoms with Crippen molar-refractivity contribution < 1.29 is 19.0 Å². The van der Waals surface area contributed by atoms with Crippen LogP contribution >= 0.6 is 11.6 Å². The number of hydrogen-bond acceptors (Lipinski definition) is 5. The first-order chi connectivity index (χ1) is 15.4. The third kappa shape index (κ3) is 4.38. The lowest BCUT2D eigenvalue weighted by atomic mass is 9.86. The Hall–Kier alpha value is -2.83. The van der Waals surface area contributed by atoms with Crippen molar-refractivity contribution in [3.05, 3.63) is 75.2 Å². The first kappa shape index (κ1) is 22.4. The fourth-order valence-corrected chi connectivity index (χ4v) is 4.47. The molecule has 0 fully saturated rings. The molecule has 2 heterocycles. The van der Waals surface area contributed by atoms with Gasteiger partial charge in [0, 0.05) is 35.8 Å². The summed E-state index contributed by atoms with van der Waals surface area (Å²) in [7, 11) is 3.34. The summed E-state index contributed by atoms with van der Waals surface area (Å²) in [5.41, 5.74) is 3.26. The predicted molar refractivity (Wildman–Crippen MR) is 123 cm³/mol. The molecule has 1 aromatic heterocycles. The molecule has 3 atom stereocenters. The highest BCUT2D eigenvalue weighted by Gasteiger charge is 2.35. The van der Waals surface area contributed by atoms with Gasteiger partial charge in [-0.15, -0.1) is 0 Å². The van der Waals surface area contributed by atoms with E-state index in [1.54, 1.807) is 33.3 Å².